The Balaban J connectivity index is 2.39. The van der Waals surface area contributed by atoms with Crippen molar-refractivity contribution < 1.29 is 4.79 Å². The minimum atomic E-state index is -0.0586. The molecule has 4 heteroatoms. The second-order valence-electron chi connectivity index (χ2n) is 4.30. The van der Waals surface area contributed by atoms with E-state index in [9.17, 15) is 4.79 Å². The van der Waals surface area contributed by atoms with Crippen molar-refractivity contribution in [2.75, 3.05) is 5.32 Å². The average Bonchev–Trinajstić information content (AvgIpc) is 2.43. The Morgan fingerprint density at radius 3 is 2.47 bits per heavy atom. The van der Waals surface area contributed by atoms with Gasteiger partial charge in [0.05, 0.1) is 11.3 Å². The van der Waals surface area contributed by atoms with E-state index in [1.54, 1.807) is 6.07 Å². The van der Waals surface area contributed by atoms with Crippen molar-refractivity contribution in [3.05, 3.63) is 59.2 Å². The molecule has 19 heavy (non-hydrogen) atoms. The molecule has 0 saturated heterocycles. The number of thiol groups is 1. The number of anilines is 2. The summed E-state index contributed by atoms with van der Waals surface area (Å²) in [4.78, 5) is 11.8. The van der Waals surface area contributed by atoms with Gasteiger partial charge >= 0.3 is 0 Å². The van der Waals surface area contributed by atoms with Crippen LogP contribution in [-0.4, -0.2) is 5.12 Å². The van der Waals surface area contributed by atoms with Crippen molar-refractivity contribution in [1.29, 1.82) is 0 Å². The summed E-state index contributed by atoms with van der Waals surface area (Å²) in [6.45, 7) is 4.14. The maximum Gasteiger partial charge on any atom is 0.231 e. The summed E-state index contributed by atoms with van der Waals surface area (Å²) in [6.07, 6.45) is 0. The molecule has 0 bridgehead atoms. The van der Waals surface area contributed by atoms with Crippen LogP contribution in [0.5, 0.6) is 0 Å². The highest BCUT2D eigenvalue weighted by atomic mass is 33.1. The van der Waals surface area contributed by atoms with Gasteiger partial charge in [-0.05, 0) is 54.0 Å². The van der Waals surface area contributed by atoms with Gasteiger partial charge in [-0.15, -0.1) is 11.7 Å². The summed E-state index contributed by atoms with van der Waals surface area (Å²) in [7, 11) is 0.926. The predicted molar refractivity (Wildman–Crippen MR) is 86.5 cm³/mol. The lowest BCUT2D eigenvalue weighted by Crippen LogP contribution is -2.01. The maximum absolute atomic E-state index is 11.8. The van der Waals surface area contributed by atoms with E-state index >= 15 is 0 Å². The number of rotatable bonds is 3. The van der Waals surface area contributed by atoms with Gasteiger partial charge < -0.3 is 5.32 Å². The highest BCUT2D eigenvalue weighted by Crippen LogP contribution is 2.28. The maximum atomic E-state index is 11.8. The highest BCUT2D eigenvalue weighted by molar-refractivity contribution is 8.75. The third-order valence-corrected chi connectivity index (χ3v) is 3.99. The number of hydrogen-bond donors (Lipinski definition) is 2. The van der Waals surface area contributed by atoms with Crippen LogP contribution in [0.15, 0.2) is 42.5 Å². The molecule has 0 aliphatic heterocycles. The number of nitrogens with one attached hydrogen (secondary N) is 1. The third kappa shape index (κ3) is 3.14. The van der Waals surface area contributed by atoms with E-state index in [2.05, 4.69) is 36.9 Å². The molecule has 0 aromatic heterocycles. The first-order valence-corrected chi connectivity index (χ1v) is 7.78. The second-order valence-corrected chi connectivity index (χ2v) is 5.40. The number of benzene rings is 2. The van der Waals surface area contributed by atoms with Gasteiger partial charge in [-0.2, -0.15) is 0 Å². The van der Waals surface area contributed by atoms with Crippen molar-refractivity contribution in [3.63, 3.8) is 0 Å². The van der Waals surface area contributed by atoms with E-state index in [1.165, 1.54) is 11.1 Å². The quantitative estimate of drug-likeness (QED) is 0.630. The zero-order chi connectivity index (χ0) is 13.8. The molecule has 1 N–H and O–H groups in total. The first-order valence-electron chi connectivity index (χ1n) is 5.91. The monoisotopic (exact) mass is 289 g/mol. The molecule has 0 radical (unpaired) electrons. The lowest BCUT2D eigenvalue weighted by atomic mass is 10.1. The standard InChI is InChI=1S/C15H15NOS2/c1-10-6-5-9-13(11(10)2)16-14-8-4-3-7-12(14)15(17)19-18/h3-9,16,18H,1-2H3. The summed E-state index contributed by atoms with van der Waals surface area (Å²) < 4.78 is 0. The molecule has 2 nitrogen and oxygen atoms in total. The van der Waals surface area contributed by atoms with E-state index in [4.69, 9.17) is 0 Å². The Morgan fingerprint density at radius 2 is 1.74 bits per heavy atom. The lowest BCUT2D eigenvalue weighted by Gasteiger charge is -2.13. The Morgan fingerprint density at radius 1 is 1.05 bits per heavy atom. The largest absolute Gasteiger partial charge is 0.355 e. The third-order valence-electron chi connectivity index (χ3n) is 3.10. The molecule has 0 spiro atoms. The summed E-state index contributed by atoms with van der Waals surface area (Å²) in [6, 6.07) is 13.6. The fourth-order valence-electron chi connectivity index (χ4n) is 1.85. The molecule has 0 fully saturated rings. The van der Waals surface area contributed by atoms with Crippen LogP contribution in [0.3, 0.4) is 0 Å². The zero-order valence-electron chi connectivity index (χ0n) is 10.8. The van der Waals surface area contributed by atoms with Crippen LogP contribution in [0.1, 0.15) is 21.5 Å². The average molecular weight is 289 g/mol. The van der Waals surface area contributed by atoms with Gasteiger partial charge in [0.1, 0.15) is 0 Å². The summed E-state index contributed by atoms with van der Waals surface area (Å²) in [5, 5.41) is 3.27. The van der Waals surface area contributed by atoms with Crippen LogP contribution >= 0.6 is 22.5 Å². The van der Waals surface area contributed by atoms with E-state index in [0.717, 1.165) is 22.2 Å². The van der Waals surface area contributed by atoms with Crippen molar-refractivity contribution in [2.45, 2.75) is 13.8 Å². The van der Waals surface area contributed by atoms with Gasteiger partial charge in [-0.1, -0.05) is 24.3 Å². The van der Waals surface area contributed by atoms with Crippen LogP contribution in [0.25, 0.3) is 0 Å². The van der Waals surface area contributed by atoms with Gasteiger partial charge in [-0.3, -0.25) is 4.79 Å². The summed E-state index contributed by atoms with van der Waals surface area (Å²) in [5.74, 6) is 0. The van der Waals surface area contributed by atoms with E-state index in [1.807, 2.05) is 30.3 Å². The van der Waals surface area contributed by atoms with Gasteiger partial charge in [0.15, 0.2) is 0 Å². The topological polar surface area (TPSA) is 29.1 Å². The van der Waals surface area contributed by atoms with E-state index < -0.39 is 0 Å². The van der Waals surface area contributed by atoms with Crippen LogP contribution in [0.2, 0.25) is 0 Å². The minimum absolute atomic E-state index is 0.0586. The van der Waals surface area contributed by atoms with Gasteiger partial charge in [-0.25, -0.2) is 0 Å². The molecular formula is C15H15NOS2. The SMILES string of the molecule is Cc1cccc(Nc2ccccc2C(=O)SS)c1C. The number of hydrogen-bond acceptors (Lipinski definition) is 4. The van der Waals surface area contributed by atoms with E-state index in [-0.39, 0.29) is 5.12 Å². The molecule has 0 aliphatic rings. The summed E-state index contributed by atoms with van der Waals surface area (Å²) in [5.41, 5.74) is 4.87. The molecule has 2 aromatic carbocycles. The van der Waals surface area contributed by atoms with Crippen LogP contribution < -0.4 is 5.32 Å². The van der Waals surface area contributed by atoms with Crippen molar-refractivity contribution >= 4 is 38.9 Å². The molecule has 0 heterocycles. The molecule has 0 unspecified atom stereocenters. The van der Waals surface area contributed by atoms with Crippen LogP contribution in [-0.2, 0) is 0 Å². The first kappa shape index (κ1) is 14.0. The predicted octanol–water partition coefficient (Wildman–Crippen LogP) is 4.77. The van der Waals surface area contributed by atoms with Crippen LogP contribution in [0.4, 0.5) is 11.4 Å². The molecule has 0 atom stereocenters. The summed E-state index contributed by atoms with van der Waals surface area (Å²) >= 11 is 3.98. The minimum Gasteiger partial charge on any atom is -0.355 e. The Hall–Kier alpha value is -1.39. The Labute approximate surface area is 122 Å². The normalized spacial score (nSPS) is 10.3. The molecule has 0 saturated carbocycles. The van der Waals surface area contributed by atoms with Gasteiger partial charge in [0, 0.05) is 5.69 Å². The molecule has 0 amide bonds. The molecule has 2 aromatic rings. The first-order chi connectivity index (χ1) is 9.13. The second kappa shape index (κ2) is 6.17. The van der Waals surface area contributed by atoms with Gasteiger partial charge in [0.2, 0.25) is 5.12 Å². The number of carbonyl (C=O) groups excluding carboxylic acids is 1. The van der Waals surface area contributed by atoms with Crippen LogP contribution in [0, 0.1) is 13.8 Å². The van der Waals surface area contributed by atoms with Crippen molar-refractivity contribution in [3.8, 4) is 0 Å². The number of carbonyl (C=O) groups is 1. The van der Waals surface area contributed by atoms with E-state index in [0.29, 0.717) is 5.56 Å². The van der Waals surface area contributed by atoms with Gasteiger partial charge in [0.25, 0.3) is 0 Å². The molecule has 0 aliphatic carbocycles. The Kier molecular flexibility index (Phi) is 4.56. The fourth-order valence-corrected chi connectivity index (χ4v) is 2.42. The molecule has 2 rings (SSSR count). The van der Waals surface area contributed by atoms with Crippen molar-refractivity contribution in [2.24, 2.45) is 0 Å². The number of aryl methyl sites for hydroxylation is 1. The number of para-hydroxylation sites is 1. The zero-order valence-corrected chi connectivity index (χ0v) is 12.5. The molecule has 98 valence electrons. The van der Waals surface area contributed by atoms with Crippen molar-refractivity contribution in [1.82, 2.24) is 0 Å². The lowest BCUT2D eigenvalue weighted by molar-refractivity contribution is 0.109. The molecular weight excluding hydrogens is 274 g/mol. The highest BCUT2D eigenvalue weighted by Gasteiger charge is 2.11. The smallest absolute Gasteiger partial charge is 0.231 e. The Bertz CT molecular complexity index is 611. The fraction of sp³-hybridized carbons (Fsp3) is 0.133.